The maximum atomic E-state index is 12.7. The first kappa shape index (κ1) is 14.6. The molecule has 2 heterocycles. The van der Waals surface area contributed by atoms with E-state index in [1.165, 1.54) is 18.4 Å². The molecule has 0 aliphatic carbocycles. The van der Waals surface area contributed by atoms with Gasteiger partial charge in [-0.05, 0) is 17.9 Å². The Morgan fingerprint density at radius 2 is 2.25 bits per heavy atom. The highest BCUT2D eigenvalue weighted by Gasteiger charge is 2.38. The van der Waals surface area contributed by atoms with Gasteiger partial charge in [-0.3, -0.25) is 9.48 Å². The molecule has 4 nitrogen and oxygen atoms in total. The molecule has 0 spiro atoms. The van der Waals surface area contributed by atoms with Gasteiger partial charge in [-0.2, -0.15) is 18.3 Å². The van der Waals surface area contributed by atoms with Crippen LogP contribution < -0.4 is 5.32 Å². The molecule has 108 valence electrons. The van der Waals surface area contributed by atoms with Crippen molar-refractivity contribution < 1.29 is 18.0 Å². The molecule has 0 fully saturated rings. The Morgan fingerprint density at radius 3 is 2.85 bits per heavy atom. The standard InChI is InChI=1S/C12H12F3N3OS/c1-18-7-9(10(17-18)12(13,14)15)11(19)16-5-4-8-3-2-6-20-8/h2-3,6-7H,4-5H2,1H3,(H,16,19). The molecule has 1 N–H and O–H groups in total. The van der Waals surface area contributed by atoms with E-state index in [-0.39, 0.29) is 6.54 Å². The molecular formula is C12H12F3N3OS. The van der Waals surface area contributed by atoms with Crippen molar-refractivity contribution in [3.05, 3.63) is 39.8 Å². The summed E-state index contributed by atoms with van der Waals surface area (Å²) in [4.78, 5) is 12.9. The summed E-state index contributed by atoms with van der Waals surface area (Å²) in [6.45, 7) is 0.283. The molecule has 0 atom stereocenters. The monoisotopic (exact) mass is 303 g/mol. The summed E-state index contributed by atoms with van der Waals surface area (Å²) in [5.41, 5.74) is -1.61. The van der Waals surface area contributed by atoms with Crippen LogP contribution in [0, 0.1) is 0 Å². The van der Waals surface area contributed by atoms with Gasteiger partial charge in [0.2, 0.25) is 0 Å². The molecule has 2 aromatic heterocycles. The third-order valence-electron chi connectivity index (χ3n) is 2.58. The van der Waals surface area contributed by atoms with Crippen LogP contribution in [0.3, 0.4) is 0 Å². The van der Waals surface area contributed by atoms with Gasteiger partial charge in [-0.15, -0.1) is 11.3 Å². The van der Waals surface area contributed by atoms with Crippen molar-refractivity contribution in [1.82, 2.24) is 15.1 Å². The first-order valence-corrected chi connectivity index (χ1v) is 6.67. The minimum atomic E-state index is -4.64. The molecule has 20 heavy (non-hydrogen) atoms. The first-order valence-electron chi connectivity index (χ1n) is 5.79. The van der Waals surface area contributed by atoms with Gasteiger partial charge >= 0.3 is 6.18 Å². The maximum Gasteiger partial charge on any atom is 0.435 e. The van der Waals surface area contributed by atoms with Crippen LogP contribution in [0.1, 0.15) is 20.9 Å². The number of aromatic nitrogens is 2. The average molecular weight is 303 g/mol. The van der Waals surface area contributed by atoms with Crippen molar-refractivity contribution in [2.24, 2.45) is 7.05 Å². The second-order valence-corrected chi connectivity index (χ2v) is 5.18. The fourth-order valence-corrected chi connectivity index (χ4v) is 2.42. The number of nitrogens with one attached hydrogen (secondary N) is 1. The molecule has 0 unspecified atom stereocenters. The Balaban J connectivity index is 2.02. The Morgan fingerprint density at radius 1 is 1.50 bits per heavy atom. The number of nitrogens with zero attached hydrogens (tertiary/aromatic N) is 2. The molecule has 0 saturated heterocycles. The number of hydrogen-bond acceptors (Lipinski definition) is 3. The molecule has 0 saturated carbocycles. The third-order valence-corrected chi connectivity index (χ3v) is 3.52. The van der Waals surface area contributed by atoms with Crippen LogP contribution in [-0.2, 0) is 19.6 Å². The van der Waals surface area contributed by atoms with Gasteiger partial charge in [0, 0.05) is 24.7 Å². The lowest BCUT2D eigenvalue weighted by atomic mass is 10.2. The van der Waals surface area contributed by atoms with E-state index < -0.39 is 23.3 Å². The van der Waals surface area contributed by atoms with E-state index in [1.807, 2.05) is 17.5 Å². The van der Waals surface area contributed by atoms with Crippen molar-refractivity contribution in [2.45, 2.75) is 12.6 Å². The van der Waals surface area contributed by atoms with Crippen LogP contribution in [0.2, 0.25) is 0 Å². The summed E-state index contributed by atoms with van der Waals surface area (Å²) in [7, 11) is 1.34. The molecule has 1 amide bonds. The zero-order chi connectivity index (χ0) is 14.8. The SMILES string of the molecule is Cn1cc(C(=O)NCCc2cccs2)c(C(F)(F)F)n1. The summed E-state index contributed by atoms with van der Waals surface area (Å²) in [5, 5.41) is 7.67. The van der Waals surface area contributed by atoms with Crippen molar-refractivity contribution >= 4 is 17.2 Å². The fraction of sp³-hybridized carbons (Fsp3) is 0.333. The van der Waals surface area contributed by atoms with Crippen LogP contribution >= 0.6 is 11.3 Å². The van der Waals surface area contributed by atoms with E-state index in [4.69, 9.17) is 0 Å². The number of thiophene rings is 1. The van der Waals surface area contributed by atoms with E-state index >= 15 is 0 Å². The number of carbonyl (C=O) groups excluding carboxylic acids is 1. The Hall–Kier alpha value is -1.83. The second kappa shape index (κ2) is 5.66. The van der Waals surface area contributed by atoms with Crippen molar-refractivity contribution in [1.29, 1.82) is 0 Å². The minimum absolute atomic E-state index is 0.283. The number of halogens is 3. The van der Waals surface area contributed by atoms with Crippen molar-refractivity contribution in [2.75, 3.05) is 6.54 Å². The molecule has 2 aromatic rings. The topological polar surface area (TPSA) is 46.9 Å². The predicted molar refractivity (Wildman–Crippen MR) is 68.6 cm³/mol. The molecule has 8 heteroatoms. The molecular weight excluding hydrogens is 291 g/mol. The normalized spacial score (nSPS) is 11.6. The summed E-state index contributed by atoms with van der Waals surface area (Å²) >= 11 is 1.53. The van der Waals surface area contributed by atoms with Crippen LogP contribution in [0.15, 0.2) is 23.7 Å². The molecule has 2 rings (SSSR count). The number of rotatable bonds is 4. The predicted octanol–water partition coefficient (Wildman–Crippen LogP) is 2.47. The number of hydrogen-bond donors (Lipinski definition) is 1. The van der Waals surface area contributed by atoms with Gasteiger partial charge in [0.1, 0.15) is 0 Å². The van der Waals surface area contributed by atoms with Crippen LogP contribution in [-0.4, -0.2) is 22.2 Å². The Kier molecular flexibility index (Phi) is 4.12. The van der Waals surface area contributed by atoms with Crippen molar-refractivity contribution in [3.63, 3.8) is 0 Å². The molecule has 0 radical (unpaired) electrons. The summed E-state index contributed by atoms with van der Waals surface area (Å²) in [6, 6.07) is 3.78. The van der Waals surface area contributed by atoms with E-state index in [9.17, 15) is 18.0 Å². The minimum Gasteiger partial charge on any atom is -0.352 e. The van der Waals surface area contributed by atoms with Crippen LogP contribution in [0.25, 0.3) is 0 Å². The number of carbonyl (C=O) groups is 1. The Bertz CT molecular complexity index is 590. The molecule has 0 aromatic carbocycles. The van der Waals surface area contributed by atoms with E-state index in [0.29, 0.717) is 6.42 Å². The average Bonchev–Trinajstić information content (AvgIpc) is 2.97. The van der Waals surface area contributed by atoms with Crippen molar-refractivity contribution in [3.8, 4) is 0 Å². The summed E-state index contributed by atoms with van der Waals surface area (Å²) < 4.78 is 39.1. The smallest absolute Gasteiger partial charge is 0.352 e. The molecule has 0 aliphatic heterocycles. The first-order chi connectivity index (χ1) is 9.38. The second-order valence-electron chi connectivity index (χ2n) is 4.15. The molecule has 0 aliphatic rings. The Labute approximate surface area is 117 Å². The lowest BCUT2D eigenvalue weighted by Crippen LogP contribution is -2.27. The lowest BCUT2D eigenvalue weighted by Gasteiger charge is -2.06. The zero-order valence-electron chi connectivity index (χ0n) is 10.6. The van der Waals surface area contributed by atoms with Gasteiger partial charge in [0.25, 0.3) is 5.91 Å². The third kappa shape index (κ3) is 3.38. The fourth-order valence-electron chi connectivity index (χ4n) is 1.71. The van der Waals surface area contributed by atoms with Gasteiger partial charge in [0.05, 0.1) is 5.56 Å². The summed E-state index contributed by atoms with van der Waals surface area (Å²) in [5.74, 6) is -0.762. The largest absolute Gasteiger partial charge is 0.435 e. The number of alkyl halides is 3. The van der Waals surface area contributed by atoms with Crippen LogP contribution in [0.4, 0.5) is 13.2 Å². The number of aryl methyl sites for hydroxylation is 1. The van der Waals surface area contributed by atoms with E-state index in [0.717, 1.165) is 15.8 Å². The van der Waals surface area contributed by atoms with Gasteiger partial charge < -0.3 is 5.32 Å². The van der Waals surface area contributed by atoms with E-state index in [1.54, 1.807) is 0 Å². The van der Waals surface area contributed by atoms with Gasteiger partial charge in [-0.1, -0.05) is 6.07 Å². The highest BCUT2D eigenvalue weighted by Crippen LogP contribution is 2.30. The highest BCUT2D eigenvalue weighted by molar-refractivity contribution is 7.09. The van der Waals surface area contributed by atoms with Gasteiger partial charge in [0.15, 0.2) is 5.69 Å². The highest BCUT2D eigenvalue weighted by atomic mass is 32.1. The lowest BCUT2D eigenvalue weighted by molar-refractivity contribution is -0.141. The van der Waals surface area contributed by atoms with Gasteiger partial charge in [-0.25, -0.2) is 0 Å². The van der Waals surface area contributed by atoms with Crippen LogP contribution in [0.5, 0.6) is 0 Å². The quantitative estimate of drug-likeness (QED) is 0.943. The maximum absolute atomic E-state index is 12.7. The zero-order valence-corrected chi connectivity index (χ0v) is 11.4. The number of amides is 1. The molecule has 0 bridgehead atoms. The van der Waals surface area contributed by atoms with E-state index in [2.05, 4.69) is 10.4 Å². The summed E-state index contributed by atoms with van der Waals surface area (Å²) in [6.07, 6.45) is -2.98.